The van der Waals surface area contributed by atoms with E-state index in [0.717, 1.165) is 16.7 Å². The maximum absolute atomic E-state index is 12.6. The summed E-state index contributed by atoms with van der Waals surface area (Å²) in [7, 11) is -0.411. The summed E-state index contributed by atoms with van der Waals surface area (Å²) in [6.07, 6.45) is 0.301. The Kier molecular flexibility index (Phi) is 5.54. The smallest absolute Gasteiger partial charge is 0.207 e. The molecule has 0 spiro atoms. The number of nitriles is 1. The molecule has 1 aromatic rings. The van der Waals surface area contributed by atoms with Gasteiger partial charge in [-0.05, 0) is 34.6 Å². The van der Waals surface area contributed by atoms with Gasteiger partial charge in [-0.2, -0.15) is 5.26 Å². The minimum Gasteiger partial charge on any atom is -0.207 e. The van der Waals surface area contributed by atoms with E-state index in [1.54, 1.807) is 6.07 Å². The lowest BCUT2D eigenvalue weighted by molar-refractivity contribution is 0.518. The highest BCUT2D eigenvalue weighted by Crippen LogP contribution is 2.32. The average Bonchev–Trinajstić information content (AvgIpc) is 2.37. The molecule has 0 saturated heterocycles. The van der Waals surface area contributed by atoms with Crippen molar-refractivity contribution in [3.63, 3.8) is 0 Å². The lowest BCUT2D eigenvalue weighted by Gasteiger charge is -2.21. The molecule has 0 aliphatic rings. The molecular weight excluding hydrogens is 284 g/mol. The fraction of sp³-hybridized carbons (Fsp3) is 0.562. The molecule has 0 fully saturated rings. The summed E-state index contributed by atoms with van der Waals surface area (Å²) in [6, 6.07) is 5.81. The van der Waals surface area contributed by atoms with Gasteiger partial charge >= 0.3 is 0 Å². The van der Waals surface area contributed by atoms with E-state index in [4.69, 9.17) is 5.26 Å². The molecule has 116 valence electrons. The second kappa shape index (κ2) is 6.59. The topological polar surface area (TPSA) is 61.2 Å². The van der Waals surface area contributed by atoms with Crippen LogP contribution in [-0.4, -0.2) is 26.8 Å². The van der Waals surface area contributed by atoms with Crippen LogP contribution in [0.4, 0.5) is 0 Å². The second-order valence-corrected chi connectivity index (χ2v) is 8.14. The second-order valence-electron chi connectivity index (χ2n) is 6.02. The third-order valence-corrected chi connectivity index (χ3v) is 5.41. The SMILES string of the molecule is CC(C)c1cc(S(=O)(=O)N(C)C)c(C(C)C)cc1CC#N. The predicted octanol–water partition coefficient (Wildman–Crippen LogP) is 3.25. The monoisotopic (exact) mass is 308 g/mol. The van der Waals surface area contributed by atoms with Crippen molar-refractivity contribution in [2.45, 2.75) is 50.8 Å². The fourth-order valence-electron chi connectivity index (χ4n) is 2.31. The molecule has 0 saturated carbocycles. The molecule has 1 rings (SSSR count). The first-order chi connectivity index (χ1) is 9.62. The number of hydrogen-bond donors (Lipinski definition) is 0. The van der Waals surface area contributed by atoms with E-state index >= 15 is 0 Å². The molecule has 0 aliphatic carbocycles. The van der Waals surface area contributed by atoms with Gasteiger partial charge in [-0.15, -0.1) is 0 Å². The lowest BCUT2D eigenvalue weighted by Crippen LogP contribution is -2.24. The van der Waals surface area contributed by atoms with Gasteiger partial charge in [0.1, 0.15) is 0 Å². The van der Waals surface area contributed by atoms with Gasteiger partial charge < -0.3 is 0 Å². The van der Waals surface area contributed by atoms with E-state index < -0.39 is 10.0 Å². The first-order valence-electron chi connectivity index (χ1n) is 7.09. The number of sulfonamides is 1. The highest BCUT2D eigenvalue weighted by Gasteiger charge is 2.25. The molecule has 0 amide bonds. The Balaban J connectivity index is 3.72. The lowest BCUT2D eigenvalue weighted by atomic mass is 9.91. The Labute approximate surface area is 128 Å². The van der Waals surface area contributed by atoms with Crippen molar-refractivity contribution in [3.8, 4) is 6.07 Å². The Morgan fingerprint density at radius 1 is 1.10 bits per heavy atom. The average molecular weight is 308 g/mol. The van der Waals surface area contributed by atoms with Crippen molar-refractivity contribution < 1.29 is 8.42 Å². The van der Waals surface area contributed by atoms with Crippen LogP contribution in [0.15, 0.2) is 17.0 Å². The molecule has 0 N–H and O–H groups in total. The van der Waals surface area contributed by atoms with Gasteiger partial charge in [0.05, 0.1) is 17.4 Å². The van der Waals surface area contributed by atoms with Crippen molar-refractivity contribution in [2.24, 2.45) is 0 Å². The van der Waals surface area contributed by atoms with Crippen molar-refractivity contribution >= 4 is 10.0 Å². The molecular formula is C16H24N2O2S. The van der Waals surface area contributed by atoms with E-state index in [0.29, 0.717) is 11.3 Å². The number of hydrogen-bond acceptors (Lipinski definition) is 3. The van der Waals surface area contributed by atoms with Gasteiger partial charge in [0.15, 0.2) is 0 Å². The van der Waals surface area contributed by atoms with E-state index in [-0.39, 0.29) is 11.8 Å². The van der Waals surface area contributed by atoms with Gasteiger partial charge in [-0.3, -0.25) is 0 Å². The van der Waals surface area contributed by atoms with E-state index in [2.05, 4.69) is 6.07 Å². The maximum atomic E-state index is 12.6. The van der Waals surface area contributed by atoms with Crippen molar-refractivity contribution in [3.05, 3.63) is 28.8 Å². The summed E-state index contributed by atoms with van der Waals surface area (Å²) in [5.41, 5.74) is 2.63. The van der Waals surface area contributed by atoms with Crippen LogP contribution in [0.5, 0.6) is 0 Å². The van der Waals surface area contributed by atoms with Crippen LogP contribution in [0.2, 0.25) is 0 Å². The number of rotatable bonds is 5. The fourth-order valence-corrected chi connectivity index (χ4v) is 3.57. The highest BCUT2D eigenvalue weighted by molar-refractivity contribution is 7.89. The zero-order valence-corrected chi connectivity index (χ0v) is 14.5. The molecule has 0 atom stereocenters. The van der Waals surface area contributed by atoms with Gasteiger partial charge in [-0.25, -0.2) is 12.7 Å². The molecule has 1 aromatic carbocycles. The predicted molar refractivity (Wildman–Crippen MR) is 84.8 cm³/mol. The summed E-state index contributed by atoms with van der Waals surface area (Å²) < 4.78 is 26.4. The van der Waals surface area contributed by atoms with Crippen LogP contribution >= 0.6 is 0 Å². The van der Waals surface area contributed by atoms with Crippen molar-refractivity contribution in [1.82, 2.24) is 4.31 Å². The summed E-state index contributed by atoms with van der Waals surface area (Å²) in [6.45, 7) is 7.96. The summed E-state index contributed by atoms with van der Waals surface area (Å²) in [5.74, 6) is 0.249. The van der Waals surface area contributed by atoms with E-state index in [1.165, 1.54) is 18.4 Å². The molecule has 0 aromatic heterocycles. The van der Waals surface area contributed by atoms with Gasteiger partial charge in [0.2, 0.25) is 10.0 Å². The Bertz CT molecular complexity index is 654. The molecule has 5 heteroatoms. The molecule has 0 unspecified atom stereocenters. The molecule has 0 radical (unpaired) electrons. The minimum absolute atomic E-state index is 0.0772. The van der Waals surface area contributed by atoms with Crippen molar-refractivity contribution in [2.75, 3.05) is 14.1 Å². The van der Waals surface area contributed by atoms with Gasteiger partial charge in [-0.1, -0.05) is 33.8 Å². The molecule has 0 aliphatic heterocycles. The van der Waals surface area contributed by atoms with Gasteiger partial charge in [0.25, 0.3) is 0 Å². The third-order valence-electron chi connectivity index (χ3n) is 3.54. The summed E-state index contributed by atoms with van der Waals surface area (Å²) in [5, 5.41) is 9.00. The normalized spacial score (nSPS) is 12.2. The first kappa shape index (κ1) is 17.7. The summed E-state index contributed by atoms with van der Waals surface area (Å²) in [4.78, 5) is 0.355. The van der Waals surface area contributed by atoms with Crippen molar-refractivity contribution in [1.29, 1.82) is 5.26 Å². The van der Waals surface area contributed by atoms with Crippen LogP contribution in [0.25, 0.3) is 0 Å². The Morgan fingerprint density at radius 3 is 2.00 bits per heavy atom. The highest BCUT2D eigenvalue weighted by atomic mass is 32.2. The van der Waals surface area contributed by atoms with Crippen LogP contribution in [0.3, 0.4) is 0 Å². The van der Waals surface area contributed by atoms with Crippen LogP contribution < -0.4 is 0 Å². The Morgan fingerprint density at radius 2 is 1.62 bits per heavy atom. The number of benzene rings is 1. The largest absolute Gasteiger partial charge is 0.242 e. The molecule has 0 bridgehead atoms. The summed E-state index contributed by atoms with van der Waals surface area (Å²) >= 11 is 0. The van der Waals surface area contributed by atoms with Crippen LogP contribution in [0.1, 0.15) is 56.2 Å². The standard InChI is InChI=1S/C16H24N2O2S/c1-11(2)14-10-16(21(19,20)18(5)6)15(12(3)4)9-13(14)7-8-17/h9-12H,7H2,1-6H3. The van der Waals surface area contributed by atoms with Crippen LogP contribution in [-0.2, 0) is 16.4 Å². The van der Waals surface area contributed by atoms with Crippen LogP contribution in [0, 0.1) is 11.3 Å². The third kappa shape index (κ3) is 3.63. The zero-order valence-electron chi connectivity index (χ0n) is 13.6. The minimum atomic E-state index is -3.49. The quantitative estimate of drug-likeness (QED) is 0.839. The van der Waals surface area contributed by atoms with E-state index in [1.807, 2.05) is 33.8 Å². The number of nitrogens with zero attached hydrogens (tertiary/aromatic N) is 2. The molecule has 4 nitrogen and oxygen atoms in total. The first-order valence-corrected chi connectivity index (χ1v) is 8.53. The Hall–Kier alpha value is -1.38. The molecule has 21 heavy (non-hydrogen) atoms. The zero-order chi connectivity index (χ0) is 16.4. The maximum Gasteiger partial charge on any atom is 0.242 e. The van der Waals surface area contributed by atoms with E-state index in [9.17, 15) is 8.42 Å². The van der Waals surface area contributed by atoms with Gasteiger partial charge in [0, 0.05) is 14.1 Å². The molecule has 0 heterocycles.